The largest absolute Gasteiger partial charge is 0.468 e. The third-order valence-corrected chi connectivity index (χ3v) is 4.87. The number of ether oxygens (including phenoxy) is 1. The van der Waals surface area contributed by atoms with Crippen molar-refractivity contribution in [2.24, 2.45) is 0 Å². The zero-order chi connectivity index (χ0) is 19.2. The quantitative estimate of drug-likeness (QED) is 0.670. The van der Waals surface area contributed by atoms with E-state index in [4.69, 9.17) is 11.6 Å². The molecule has 26 heavy (non-hydrogen) atoms. The number of sulfonamides is 1. The molecule has 5 nitrogen and oxygen atoms in total. The molecule has 1 N–H and O–H groups in total. The first-order valence-corrected chi connectivity index (χ1v) is 9.55. The molecule has 0 aliphatic rings. The topological polar surface area (TPSA) is 68.3 Å². The molecule has 0 saturated heterocycles. The van der Waals surface area contributed by atoms with E-state index < -0.39 is 22.8 Å². The van der Waals surface area contributed by atoms with Gasteiger partial charge in [0, 0.05) is 11.9 Å². The fraction of sp³-hybridized carbons (Fsp3) is 0.312. The smallest absolute Gasteiger partial charge is 0.422 e. The molecule has 2 rings (SSSR count). The van der Waals surface area contributed by atoms with Gasteiger partial charge in [0.1, 0.15) is 0 Å². The minimum absolute atomic E-state index is 0.0597. The summed E-state index contributed by atoms with van der Waals surface area (Å²) in [5, 5.41) is 0. The number of anilines is 1. The van der Waals surface area contributed by atoms with Gasteiger partial charge in [0.2, 0.25) is 5.88 Å². The Labute approximate surface area is 154 Å². The van der Waals surface area contributed by atoms with Crippen molar-refractivity contribution in [3.05, 3.63) is 48.2 Å². The number of pyridine rings is 1. The standard InChI is InChI=1S/C16H16ClF3N2O3S/c17-9-1-2-12-3-6-14(7-4-12)26(23,24)22-13-5-8-15(21-10-13)25-11-16(18,19)20/h3-8,10,22H,1-2,9,11H2. The number of rotatable bonds is 8. The second-order valence-electron chi connectivity index (χ2n) is 5.33. The van der Waals surface area contributed by atoms with Crippen LogP contribution in [0.25, 0.3) is 0 Å². The zero-order valence-corrected chi connectivity index (χ0v) is 15.0. The van der Waals surface area contributed by atoms with Crippen molar-refractivity contribution >= 4 is 27.3 Å². The number of benzene rings is 1. The Morgan fingerprint density at radius 2 is 1.81 bits per heavy atom. The maximum Gasteiger partial charge on any atom is 0.422 e. The van der Waals surface area contributed by atoms with Crippen molar-refractivity contribution in [3.8, 4) is 5.88 Å². The van der Waals surface area contributed by atoms with Gasteiger partial charge in [-0.2, -0.15) is 13.2 Å². The first-order chi connectivity index (χ1) is 12.2. The van der Waals surface area contributed by atoms with Crippen molar-refractivity contribution in [2.75, 3.05) is 17.2 Å². The number of nitrogens with one attached hydrogen (secondary N) is 1. The second-order valence-corrected chi connectivity index (χ2v) is 7.39. The average molecular weight is 409 g/mol. The molecular formula is C16H16ClF3N2O3S. The van der Waals surface area contributed by atoms with Crippen LogP contribution in [0.1, 0.15) is 12.0 Å². The number of hydrogen-bond donors (Lipinski definition) is 1. The highest BCUT2D eigenvalue weighted by atomic mass is 35.5. The van der Waals surface area contributed by atoms with E-state index in [0.717, 1.165) is 30.7 Å². The van der Waals surface area contributed by atoms with Crippen LogP contribution in [0.4, 0.5) is 18.9 Å². The Morgan fingerprint density at radius 1 is 1.12 bits per heavy atom. The number of aryl methyl sites for hydroxylation is 1. The molecule has 0 amide bonds. The van der Waals surface area contributed by atoms with Gasteiger partial charge in [-0.1, -0.05) is 12.1 Å². The summed E-state index contributed by atoms with van der Waals surface area (Å²) < 4.78 is 67.7. The number of nitrogens with zero attached hydrogens (tertiary/aromatic N) is 1. The van der Waals surface area contributed by atoms with E-state index in [1.807, 2.05) is 0 Å². The predicted molar refractivity (Wildman–Crippen MR) is 92.1 cm³/mol. The third-order valence-electron chi connectivity index (χ3n) is 3.21. The maximum atomic E-state index is 12.3. The van der Waals surface area contributed by atoms with Crippen molar-refractivity contribution in [1.82, 2.24) is 4.98 Å². The lowest BCUT2D eigenvalue weighted by Gasteiger charge is -2.10. The van der Waals surface area contributed by atoms with E-state index in [2.05, 4.69) is 14.4 Å². The Hall–Kier alpha value is -2.00. The molecular weight excluding hydrogens is 393 g/mol. The molecule has 0 fully saturated rings. The molecule has 1 heterocycles. The number of alkyl halides is 4. The van der Waals surface area contributed by atoms with Crippen LogP contribution in [0.3, 0.4) is 0 Å². The summed E-state index contributed by atoms with van der Waals surface area (Å²) in [4.78, 5) is 3.71. The van der Waals surface area contributed by atoms with Gasteiger partial charge in [0.15, 0.2) is 6.61 Å². The van der Waals surface area contributed by atoms with E-state index in [9.17, 15) is 21.6 Å². The lowest BCUT2D eigenvalue weighted by atomic mass is 10.1. The molecule has 0 spiro atoms. The van der Waals surface area contributed by atoms with Gasteiger partial charge in [0.25, 0.3) is 10.0 Å². The number of hydrogen-bond acceptors (Lipinski definition) is 4. The fourth-order valence-corrected chi connectivity index (χ4v) is 3.18. The van der Waals surface area contributed by atoms with Gasteiger partial charge in [-0.05, 0) is 36.6 Å². The Balaban J connectivity index is 2.02. The highest BCUT2D eigenvalue weighted by Gasteiger charge is 2.28. The maximum absolute atomic E-state index is 12.3. The molecule has 0 saturated carbocycles. The van der Waals surface area contributed by atoms with Gasteiger partial charge < -0.3 is 4.74 Å². The van der Waals surface area contributed by atoms with Crippen LogP contribution >= 0.6 is 11.6 Å². The Morgan fingerprint density at radius 3 is 2.35 bits per heavy atom. The van der Waals surface area contributed by atoms with E-state index in [1.54, 1.807) is 12.1 Å². The lowest BCUT2D eigenvalue weighted by molar-refractivity contribution is -0.154. The SMILES string of the molecule is O=S(=O)(Nc1ccc(OCC(F)(F)F)nc1)c1ccc(CCCCl)cc1. The summed E-state index contributed by atoms with van der Waals surface area (Å²) in [6.45, 7) is -1.47. The van der Waals surface area contributed by atoms with Crippen molar-refractivity contribution in [3.63, 3.8) is 0 Å². The van der Waals surface area contributed by atoms with Crippen LogP contribution < -0.4 is 9.46 Å². The predicted octanol–water partition coefficient (Wildman–Crippen LogP) is 3.99. The minimum Gasteiger partial charge on any atom is -0.468 e. The van der Waals surface area contributed by atoms with E-state index in [0.29, 0.717) is 5.88 Å². The van der Waals surface area contributed by atoms with Crippen molar-refractivity contribution in [1.29, 1.82) is 0 Å². The molecule has 1 aromatic carbocycles. The Bertz CT molecular complexity index is 810. The highest BCUT2D eigenvalue weighted by Crippen LogP contribution is 2.20. The van der Waals surface area contributed by atoms with Crippen molar-refractivity contribution in [2.45, 2.75) is 23.9 Å². The van der Waals surface area contributed by atoms with Gasteiger partial charge in [-0.15, -0.1) is 11.6 Å². The first-order valence-electron chi connectivity index (χ1n) is 7.53. The summed E-state index contributed by atoms with van der Waals surface area (Å²) in [5.41, 5.74) is 1.08. The molecule has 0 aliphatic heterocycles. The molecule has 10 heteroatoms. The van der Waals surface area contributed by atoms with E-state index in [-0.39, 0.29) is 16.5 Å². The van der Waals surface area contributed by atoms with Gasteiger partial charge in [-0.3, -0.25) is 4.72 Å². The lowest BCUT2D eigenvalue weighted by Crippen LogP contribution is -2.19. The first kappa shape index (κ1) is 20.3. The van der Waals surface area contributed by atoms with Crippen LogP contribution in [0, 0.1) is 0 Å². The third kappa shape index (κ3) is 6.38. The minimum atomic E-state index is -4.47. The Kier molecular flexibility index (Phi) is 6.71. The van der Waals surface area contributed by atoms with Crippen LogP contribution in [-0.4, -0.2) is 32.1 Å². The monoisotopic (exact) mass is 408 g/mol. The molecule has 2 aromatic rings. The average Bonchev–Trinajstić information content (AvgIpc) is 2.59. The van der Waals surface area contributed by atoms with Crippen LogP contribution in [0.15, 0.2) is 47.5 Å². The molecule has 1 aromatic heterocycles. The van der Waals surface area contributed by atoms with E-state index in [1.165, 1.54) is 18.2 Å². The van der Waals surface area contributed by atoms with E-state index >= 15 is 0 Å². The van der Waals surface area contributed by atoms with Gasteiger partial charge in [-0.25, -0.2) is 13.4 Å². The summed E-state index contributed by atoms with van der Waals surface area (Å²) in [6.07, 6.45) is -1.85. The summed E-state index contributed by atoms with van der Waals surface area (Å²) in [5.74, 6) is 0.269. The molecule has 142 valence electrons. The van der Waals surface area contributed by atoms with Gasteiger partial charge >= 0.3 is 6.18 Å². The molecule has 0 radical (unpaired) electrons. The fourth-order valence-electron chi connectivity index (χ4n) is 2.00. The molecule has 0 aliphatic carbocycles. The number of halogens is 4. The number of aromatic nitrogens is 1. The molecule has 0 atom stereocenters. The highest BCUT2D eigenvalue weighted by molar-refractivity contribution is 7.92. The van der Waals surface area contributed by atoms with Crippen molar-refractivity contribution < 1.29 is 26.3 Å². The zero-order valence-electron chi connectivity index (χ0n) is 13.5. The second kappa shape index (κ2) is 8.59. The van der Waals surface area contributed by atoms with Gasteiger partial charge in [0.05, 0.1) is 16.8 Å². The van der Waals surface area contributed by atoms with Crippen LogP contribution in [0.2, 0.25) is 0 Å². The normalized spacial score (nSPS) is 12.0. The summed E-state index contributed by atoms with van der Waals surface area (Å²) >= 11 is 5.62. The molecule has 0 bridgehead atoms. The van der Waals surface area contributed by atoms with Crippen LogP contribution in [0.5, 0.6) is 5.88 Å². The molecule has 0 unspecified atom stereocenters. The summed E-state index contributed by atoms with van der Waals surface area (Å²) in [6, 6.07) is 8.77. The summed E-state index contributed by atoms with van der Waals surface area (Å²) in [7, 11) is -3.84. The van der Waals surface area contributed by atoms with Crippen LogP contribution in [-0.2, 0) is 16.4 Å².